The minimum absolute atomic E-state index is 0.0201. The van der Waals surface area contributed by atoms with Crippen molar-refractivity contribution >= 4 is 46.0 Å². The fourth-order valence-electron chi connectivity index (χ4n) is 3.59. The number of methoxy groups -OCH3 is 1. The van der Waals surface area contributed by atoms with Gasteiger partial charge in [-0.1, -0.05) is 54.2 Å². The molecule has 0 unspecified atom stereocenters. The summed E-state index contributed by atoms with van der Waals surface area (Å²) in [7, 11) is 3.65. The molecule has 0 radical (unpaired) electrons. The van der Waals surface area contributed by atoms with Crippen LogP contribution in [0.25, 0.3) is 0 Å². The number of anilines is 1. The van der Waals surface area contributed by atoms with Crippen LogP contribution >= 0.6 is 23.5 Å². The summed E-state index contributed by atoms with van der Waals surface area (Å²) in [6.07, 6.45) is 0. The molecule has 1 saturated heterocycles. The average Bonchev–Trinajstić information content (AvgIpc) is 3.32. The number of ether oxygens (including phenoxy) is 1. The summed E-state index contributed by atoms with van der Waals surface area (Å²) in [6.45, 7) is 0.472. The topological polar surface area (TPSA) is 45.1 Å². The Morgan fingerprint density at radius 3 is 2.34 bits per heavy atom. The standard InChI is InChI=1S/C25H21N3O2S2/c1-27-20-10-6-7-11-21(20)31-24(27)22-23(29)28(16-17-8-4-3-5-9-17)25(32-22)26-18-12-14-19(30-2)15-13-18/h3-15H,16H2,1-2H3/b24-22-,26-25+. The first-order chi connectivity index (χ1) is 15.6. The fraction of sp³-hybridized carbons (Fsp3) is 0.120. The molecule has 0 saturated carbocycles. The highest BCUT2D eigenvalue weighted by Crippen LogP contribution is 2.50. The summed E-state index contributed by atoms with van der Waals surface area (Å²) in [6, 6.07) is 25.8. The van der Waals surface area contributed by atoms with E-state index in [1.165, 1.54) is 11.8 Å². The molecule has 3 aromatic carbocycles. The lowest BCUT2D eigenvalue weighted by atomic mass is 10.2. The van der Waals surface area contributed by atoms with Gasteiger partial charge in [0.1, 0.15) is 10.7 Å². The number of amidine groups is 1. The van der Waals surface area contributed by atoms with Gasteiger partial charge in [0.15, 0.2) is 5.17 Å². The zero-order valence-electron chi connectivity index (χ0n) is 17.7. The molecule has 0 aromatic heterocycles. The number of carbonyl (C=O) groups excluding carboxylic acids is 1. The molecule has 2 aliphatic rings. The third-order valence-corrected chi connectivity index (χ3v) is 7.71. The van der Waals surface area contributed by atoms with Gasteiger partial charge in [0.25, 0.3) is 5.91 Å². The number of aliphatic imine (C=N–C) groups is 1. The molecule has 0 spiro atoms. The average molecular weight is 460 g/mol. The van der Waals surface area contributed by atoms with Gasteiger partial charge in [0.05, 0.1) is 30.1 Å². The van der Waals surface area contributed by atoms with Gasteiger partial charge in [-0.3, -0.25) is 9.69 Å². The zero-order chi connectivity index (χ0) is 22.1. The van der Waals surface area contributed by atoms with E-state index in [1.54, 1.807) is 23.8 Å². The summed E-state index contributed by atoms with van der Waals surface area (Å²) < 4.78 is 5.25. The molecule has 0 bridgehead atoms. The van der Waals surface area contributed by atoms with Crippen LogP contribution in [-0.4, -0.2) is 30.1 Å². The lowest BCUT2D eigenvalue weighted by Crippen LogP contribution is -2.29. The summed E-state index contributed by atoms with van der Waals surface area (Å²) in [5.74, 6) is 0.753. The molecule has 1 amide bonds. The van der Waals surface area contributed by atoms with Gasteiger partial charge >= 0.3 is 0 Å². The maximum Gasteiger partial charge on any atom is 0.269 e. The molecule has 0 atom stereocenters. The molecule has 3 aromatic rings. The number of fused-ring (bicyclic) bond motifs is 1. The smallest absolute Gasteiger partial charge is 0.269 e. The van der Waals surface area contributed by atoms with Gasteiger partial charge in [0.2, 0.25) is 0 Å². The Bertz CT molecular complexity index is 1220. The SMILES string of the molecule is COc1ccc(/N=C2/S/C(=C3\Sc4ccccc4N3C)C(=O)N2Cc2ccccc2)cc1. The number of hydrogen-bond donors (Lipinski definition) is 0. The highest BCUT2D eigenvalue weighted by atomic mass is 32.2. The molecule has 0 aliphatic carbocycles. The van der Waals surface area contributed by atoms with Crippen LogP contribution in [0.5, 0.6) is 5.75 Å². The van der Waals surface area contributed by atoms with E-state index in [0.717, 1.165) is 32.6 Å². The number of hydrogen-bond acceptors (Lipinski definition) is 6. The molecular weight excluding hydrogens is 438 g/mol. The van der Waals surface area contributed by atoms with Gasteiger partial charge in [-0.15, -0.1) is 0 Å². The van der Waals surface area contributed by atoms with E-state index in [0.29, 0.717) is 16.6 Å². The Morgan fingerprint density at radius 2 is 1.62 bits per heavy atom. The van der Waals surface area contributed by atoms with Crippen molar-refractivity contribution in [3.63, 3.8) is 0 Å². The predicted molar refractivity (Wildman–Crippen MR) is 132 cm³/mol. The molecular formula is C25H21N3O2S2. The first-order valence-corrected chi connectivity index (χ1v) is 11.8. The van der Waals surface area contributed by atoms with Crippen molar-refractivity contribution in [1.29, 1.82) is 0 Å². The highest BCUT2D eigenvalue weighted by molar-refractivity contribution is 8.19. The van der Waals surface area contributed by atoms with Crippen molar-refractivity contribution in [2.45, 2.75) is 11.4 Å². The lowest BCUT2D eigenvalue weighted by molar-refractivity contribution is -0.122. The van der Waals surface area contributed by atoms with Crippen LogP contribution in [0.15, 0.2) is 98.7 Å². The zero-order valence-corrected chi connectivity index (χ0v) is 19.3. The number of amides is 1. The molecule has 1 fully saturated rings. The van der Waals surface area contributed by atoms with Crippen molar-refractivity contribution in [3.8, 4) is 5.75 Å². The first kappa shape index (κ1) is 20.7. The van der Waals surface area contributed by atoms with Crippen molar-refractivity contribution in [1.82, 2.24) is 4.90 Å². The maximum atomic E-state index is 13.6. The van der Waals surface area contributed by atoms with Crippen molar-refractivity contribution in [2.75, 3.05) is 19.1 Å². The Morgan fingerprint density at radius 1 is 0.906 bits per heavy atom. The van der Waals surface area contributed by atoms with Crippen LogP contribution in [-0.2, 0) is 11.3 Å². The summed E-state index contributed by atoms with van der Waals surface area (Å²) in [5, 5.41) is 1.62. The van der Waals surface area contributed by atoms with Gasteiger partial charge in [-0.25, -0.2) is 4.99 Å². The third kappa shape index (κ3) is 3.89. The second kappa shape index (κ2) is 8.76. The highest BCUT2D eigenvalue weighted by Gasteiger charge is 2.39. The maximum absolute atomic E-state index is 13.6. The Kier molecular flexibility index (Phi) is 5.68. The molecule has 7 heteroatoms. The third-order valence-electron chi connectivity index (χ3n) is 5.28. The quantitative estimate of drug-likeness (QED) is 0.457. The van der Waals surface area contributed by atoms with Gasteiger partial charge < -0.3 is 9.64 Å². The first-order valence-electron chi connectivity index (χ1n) is 10.2. The minimum Gasteiger partial charge on any atom is -0.497 e. The number of carbonyl (C=O) groups is 1. The molecule has 0 N–H and O–H groups in total. The van der Waals surface area contributed by atoms with Crippen LogP contribution in [0.4, 0.5) is 11.4 Å². The van der Waals surface area contributed by atoms with E-state index in [2.05, 4.69) is 17.0 Å². The molecule has 5 rings (SSSR count). The van der Waals surface area contributed by atoms with Crippen LogP contribution in [0.2, 0.25) is 0 Å². The van der Waals surface area contributed by atoms with E-state index in [9.17, 15) is 4.79 Å². The van der Waals surface area contributed by atoms with E-state index >= 15 is 0 Å². The Labute approximate surface area is 195 Å². The van der Waals surface area contributed by atoms with Crippen LogP contribution in [0.3, 0.4) is 0 Å². The minimum atomic E-state index is -0.0201. The normalized spacial score (nSPS) is 19.1. The van der Waals surface area contributed by atoms with Gasteiger partial charge in [-0.2, -0.15) is 0 Å². The lowest BCUT2D eigenvalue weighted by Gasteiger charge is -2.17. The summed E-state index contributed by atoms with van der Waals surface area (Å²) in [5.41, 5.74) is 2.95. The second-order valence-corrected chi connectivity index (χ2v) is 9.34. The van der Waals surface area contributed by atoms with Crippen LogP contribution in [0, 0.1) is 0 Å². The molecule has 32 heavy (non-hydrogen) atoms. The van der Waals surface area contributed by atoms with E-state index < -0.39 is 0 Å². The van der Waals surface area contributed by atoms with Crippen molar-refractivity contribution < 1.29 is 9.53 Å². The van der Waals surface area contributed by atoms with Crippen molar-refractivity contribution in [3.05, 3.63) is 94.4 Å². The summed E-state index contributed by atoms with van der Waals surface area (Å²) >= 11 is 3.07. The fourth-order valence-corrected chi connectivity index (χ4v) is 5.93. The predicted octanol–water partition coefficient (Wildman–Crippen LogP) is 5.87. The van der Waals surface area contributed by atoms with E-state index in [-0.39, 0.29) is 5.91 Å². The van der Waals surface area contributed by atoms with Crippen molar-refractivity contribution in [2.24, 2.45) is 4.99 Å². The number of para-hydroxylation sites is 1. The molecule has 160 valence electrons. The van der Waals surface area contributed by atoms with E-state index in [4.69, 9.17) is 9.73 Å². The van der Waals surface area contributed by atoms with Crippen LogP contribution < -0.4 is 9.64 Å². The van der Waals surface area contributed by atoms with E-state index in [1.807, 2.05) is 73.8 Å². The van der Waals surface area contributed by atoms with Crippen LogP contribution in [0.1, 0.15) is 5.56 Å². The number of benzene rings is 3. The van der Waals surface area contributed by atoms with Gasteiger partial charge in [0, 0.05) is 11.9 Å². The second-order valence-electron chi connectivity index (χ2n) is 7.33. The number of rotatable bonds is 4. The number of nitrogens with zero attached hydrogens (tertiary/aromatic N) is 3. The Hall–Kier alpha value is -3.16. The largest absolute Gasteiger partial charge is 0.497 e. The number of thioether (sulfide) groups is 2. The summed E-state index contributed by atoms with van der Waals surface area (Å²) in [4.78, 5) is 24.1. The van der Waals surface area contributed by atoms with Gasteiger partial charge in [-0.05, 0) is 53.7 Å². The molecule has 2 heterocycles. The monoisotopic (exact) mass is 459 g/mol. The molecule has 5 nitrogen and oxygen atoms in total. The molecule has 2 aliphatic heterocycles. The Balaban J connectivity index is 1.53.